The highest BCUT2D eigenvalue weighted by molar-refractivity contribution is 5.81. The molecule has 1 unspecified atom stereocenters. The van der Waals surface area contributed by atoms with Gasteiger partial charge in [0.1, 0.15) is 6.61 Å². The lowest BCUT2D eigenvalue weighted by Crippen LogP contribution is -2.49. The van der Waals surface area contributed by atoms with Crippen LogP contribution in [0.3, 0.4) is 0 Å². The summed E-state index contributed by atoms with van der Waals surface area (Å²) < 4.78 is 5.07. The highest BCUT2D eigenvalue weighted by Gasteiger charge is 2.33. The Hall–Kier alpha value is -2.04. The smallest absolute Gasteiger partial charge is 0.407 e. The number of primary amides is 1. The third kappa shape index (κ3) is 4.28. The van der Waals surface area contributed by atoms with Crippen molar-refractivity contribution in [3.8, 4) is 0 Å². The maximum absolute atomic E-state index is 11.6. The molecule has 0 aliphatic heterocycles. The number of rotatable bonds is 5. The minimum absolute atomic E-state index is 0.191. The summed E-state index contributed by atoms with van der Waals surface area (Å²) in [5.41, 5.74) is 5.36. The summed E-state index contributed by atoms with van der Waals surface area (Å²) in [6, 6.07) is 8.95. The number of carbonyl (C=O) groups is 2. The van der Waals surface area contributed by atoms with Crippen LogP contribution in [0.5, 0.6) is 0 Å². The van der Waals surface area contributed by atoms with Crippen LogP contribution in [0.4, 0.5) is 4.79 Å². The summed E-state index contributed by atoms with van der Waals surface area (Å²) in [5.74, 6) is -0.469. The number of hydrogen-bond donors (Lipinski definition) is 2. The quantitative estimate of drug-likeness (QED) is 0.851. The Labute approximate surface area is 113 Å². The van der Waals surface area contributed by atoms with Crippen LogP contribution in [0.1, 0.15) is 26.3 Å². The normalized spacial score (nSPS) is 12.6. The molecule has 5 nitrogen and oxygen atoms in total. The molecule has 0 saturated heterocycles. The molecule has 1 aromatic rings. The lowest BCUT2D eigenvalue weighted by Gasteiger charge is -2.28. The van der Waals surface area contributed by atoms with Crippen LogP contribution in [0.15, 0.2) is 30.3 Å². The average Bonchev–Trinajstić information content (AvgIpc) is 2.37. The Morgan fingerprint density at radius 1 is 1.32 bits per heavy atom. The van der Waals surface area contributed by atoms with Gasteiger partial charge in [-0.1, -0.05) is 30.3 Å². The van der Waals surface area contributed by atoms with Gasteiger partial charge in [-0.15, -0.1) is 0 Å². The van der Waals surface area contributed by atoms with Gasteiger partial charge in [0, 0.05) is 6.04 Å². The Bertz CT molecular complexity index is 443. The summed E-state index contributed by atoms with van der Waals surface area (Å²) in [4.78, 5) is 22.9. The van der Waals surface area contributed by atoms with Gasteiger partial charge in [0.15, 0.2) is 0 Å². The van der Waals surface area contributed by atoms with Crippen molar-refractivity contribution < 1.29 is 14.3 Å². The van der Waals surface area contributed by atoms with Gasteiger partial charge in [0.05, 0.1) is 5.41 Å². The van der Waals surface area contributed by atoms with Crippen molar-refractivity contribution in [1.82, 2.24) is 5.32 Å². The van der Waals surface area contributed by atoms with Gasteiger partial charge < -0.3 is 15.8 Å². The Morgan fingerprint density at radius 3 is 2.42 bits per heavy atom. The Kier molecular flexibility index (Phi) is 4.92. The number of nitrogens with two attached hydrogens (primary N) is 1. The molecule has 0 spiro atoms. The van der Waals surface area contributed by atoms with Crippen molar-refractivity contribution in [3.05, 3.63) is 35.9 Å². The predicted molar refractivity (Wildman–Crippen MR) is 72.2 cm³/mol. The first-order valence-corrected chi connectivity index (χ1v) is 6.11. The molecule has 1 atom stereocenters. The van der Waals surface area contributed by atoms with E-state index in [9.17, 15) is 9.59 Å². The second-order valence-corrected chi connectivity index (χ2v) is 5.01. The fourth-order valence-corrected chi connectivity index (χ4v) is 1.34. The Balaban J connectivity index is 2.46. The molecule has 0 bridgehead atoms. The van der Waals surface area contributed by atoms with Crippen molar-refractivity contribution in [2.75, 3.05) is 0 Å². The SMILES string of the molecule is CC(NC(=O)OCc1ccccc1)C(C)(C)C(N)=O. The molecule has 0 aliphatic carbocycles. The summed E-state index contributed by atoms with van der Waals surface area (Å²) in [6.45, 7) is 5.26. The molecule has 0 radical (unpaired) electrons. The zero-order valence-electron chi connectivity index (χ0n) is 11.5. The number of nitrogens with one attached hydrogen (secondary N) is 1. The van der Waals surface area contributed by atoms with Crippen LogP contribution in [0.2, 0.25) is 0 Å². The molecule has 3 N–H and O–H groups in total. The van der Waals surface area contributed by atoms with E-state index in [0.717, 1.165) is 5.56 Å². The number of benzene rings is 1. The fraction of sp³-hybridized carbons (Fsp3) is 0.429. The molecule has 19 heavy (non-hydrogen) atoms. The first-order chi connectivity index (χ1) is 8.84. The molecule has 1 rings (SSSR count). The molecular formula is C14H20N2O3. The fourth-order valence-electron chi connectivity index (χ4n) is 1.34. The van der Waals surface area contributed by atoms with Crippen LogP contribution in [0, 0.1) is 5.41 Å². The first kappa shape index (κ1) is 15.0. The van der Waals surface area contributed by atoms with E-state index in [0.29, 0.717) is 0 Å². The highest BCUT2D eigenvalue weighted by atomic mass is 16.5. The van der Waals surface area contributed by atoms with Gasteiger partial charge in [0.2, 0.25) is 5.91 Å². The van der Waals surface area contributed by atoms with Crippen molar-refractivity contribution >= 4 is 12.0 Å². The van der Waals surface area contributed by atoms with Crippen molar-refractivity contribution in [2.45, 2.75) is 33.4 Å². The summed E-state index contributed by atoms with van der Waals surface area (Å²) in [6.07, 6.45) is -0.564. The minimum Gasteiger partial charge on any atom is -0.445 e. The van der Waals surface area contributed by atoms with Gasteiger partial charge in [0.25, 0.3) is 0 Å². The molecule has 1 aromatic carbocycles. The predicted octanol–water partition coefficient (Wildman–Crippen LogP) is 1.81. The maximum atomic E-state index is 11.6. The van der Waals surface area contributed by atoms with E-state index in [4.69, 9.17) is 10.5 Å². The van der Waals surface area contributed by atoms with E-state index < -0.39 is 23.5 Å². The third-order valence-corrected chi connectivity index (χ3v) is 3.26. The number of ether oxygens (including phenoxy) is 1. The standard InChI is InChI=1S/C14H20N2O3/c1-10(14(2,3)12(15)17)16-13(18)19-9-11-7-5-4-6-8-11/h4-8,10H,9H2,1-3H3,(H2,15,17)(H,16,18). The molecule has 0 heterocycles. The molecule has 0 aliphatic rings. The van der Waals surface area contributed by atoms with Gasteiger partial charge >= 0.3 is 6.09 Å². The van der Waals surface area contributed by atoms with Gasteiger partial charge in [-0.05, 0) is 26.3 Å². The third-order valence-electron chi connectivity index (χ3n) is 3.26. The summed E-state index contributed by atoms with van der Waals surface area (Å²) >= 11 is 0. The zero-order valence-corrected chi connectivity index (χ0v) is 11.5. The van der Waals surface area contributed by atoms with Crippen LogP contribution >= 0.6 is 0 Å². The van der Waals surface area contributed by atoms with Crippen LogP contribution in [-0.4, -0.2) is 18.0 Å². The lowest BCUT2D eigenvalue weighted by atomic mass is 9.85. The topological polar surface area (TPSA) is 81.4 Å². The van der Waals surface area contributed by atoms with E-state index in [1.807, 2.05) is 30.3 Å². The van der Waals surface area contributed by atoms with Crippen LogP contribution in [-0.2, 0) is 16.1 Å². The van der Waals surface area contributed by atoms with E-state index in [1.165, 1.54) is 0 Å². The zero-order chi connectivity index (χ0) is 14.5. The van der Waals surface area contributed by atoms with E-state index >= 15 is 0 Å². The highest BCUT2D eigenvalue weighted by Crippen LogP contribution is 2.19. The molecule has 0 aromatic heterocycles. The van der Waals surface area contributed by atoms with Gasteiger partial charge in [-0.25, -0.2) is 4.79 Å². The molecule has 104 valence electrons. The minimum atomic E-state index is -0.828. The molecule has 2 amide bonds. The molecule has 0 saturated carbocycles. The largest absolute Gasteiger partial charge is 0.445 e. The monoisotopic (exact) mass is 264 g/mol. The Morgan fingerprint density at radius 2 is 1.89 bits per heavy atom. The average molecular weight is 264 g/mol. The lowest BCUT2D eigenvalue weighted by molar-refractivity contribution is -0.127. The summed E-state index contributed by atoms with van der Waals surface area (Å²) in [7, 11) is 0. The van der Waals surface area contributed by atoms with E-state index in [2.05, 4.69) is 5.32 Å². The second kappa shape index (κ2) is 6.22. The maximum Gasteiger partial charge on any atom is 0.407 e. The molecular weight excluding hydrogens is 244 g/mol. The number of amides is 2. The number of alkyl carbamates (subject to hydrolysis) is 1. The molecule has 5 heteroatoms. The molecule has 0 fully saturated rings. The van der Waals surface area contributed by atoms with Crippen molar-refractivity contribution in [3.63, 3.8) is 0 Å². The number of hydrogen-bond acceptors (Lipinski definition) is 3. The number of carbonyl (C=O) groups excluding carboxylic acids is 2. The van der Waals surface area contributed by atoms with Crippen LogP contribution in [0.25, 0.3) is 0 Å². The summed E-state index contributed by atoms with van der Waals surface area (Å²) in [5, 5.41) is 2.61. The van der Waals surface area contributed by atoms with Crippen LogP contribution < -0.4 is 11.1 Å². The second-order valence-electron chi connectivity index (χ2n) is 5.01. The first-order valence-electron chi connectivity index (χ1n) is 6.11. The van der Waals surface area contributed by atoms with Gasteiger partial charge in [-0.2, -0.15) is 0 Å². The van der Waals surface area contributed by atoms with Gasteiger partial charge in [-0.3, -0.25) is 4.79 Å². The van der Waals surface area contributed by atoms with E-state index in [-0.39, 0.29) is 6.61 Å². The van der Waals surface area contributed by atoms with E-state index in [1.54, 1.807) is 20.8 Å². The van der Waals surface area contributed by atoms with Crippen molar-refractivity contribution in [1.29, 1.82) is 0 Å². The van der Waals surface area contributed by atoms with Crippen molar-refractivity contribution in [2.24, 2.45) is 11.1 Å².